The van der Waals surface area contributed by atoms with Crippen LogP contribution < -0.4 is 0 Å². The van der Waals surface area contributed by atoms with Gasteiger partial charge < -0.3 is 24.2 Å². The Kier molecular flexibility index (Phi) is 10.8. The number of rotatable bonds is 7. The van der Waals surface area contributed by atoms with Gasteiger partial charge in [-0.15, -0.1) is 0 Å². The van der Waals surface area contributed by atoms with Crippen LogP contribution in [0.3, 0.4) is 0 Å². The summed E-state index contributed by atoms with van der Waals surface area (Å²) in [7, 11) is 1.41. The Morgan fingerprint density at radius 3 is 2.27 bits per heavy atom. The number of unbranched alkanes of at least 4 members (excludes halogenated alkanes) is 1. The lowest BCUT2D eigenvalue weighted by atomic mass is 9.71. The number of ether oxygens (including phenoxy) is 3. The van der Waals surface area contributed by atoms with Gasteiger partial charge in [0.15, 0.2) is 11.4 Å². The molecule has 1 N–H and O–H groups in total. The number of esters is 1. The number of ketones is 2. The van der Waals surface area contributed by atoms with Crippen LogP contribution in [0.1, 0.15) is 81.1 Å². The van der Waals surface area contributed by atoms with Crippen LogP contribution in [0.4, 0.5) is 4.79 Å². The van der Waals surface area contributed by atoms with E-state index in [4.69, 9.17) is 19.7 Å². The zero-order valence-corrected chi connectivity index (χ0v) is 25.3. The molecule has 1 amide bonds. The molecule has 0 aromatic heterocycles. The second-order valence-corrected chi connectivity index (χ2v) is 12.2. The Balaban J connectivity index is 2.65. The molecule has 12 heteroatoms. The molecule has 2 aliphatic heterocycles. The van der Waals surface area contributed by atoms with Crippen molar-refractivity contribution in [1.82, 2.24) is 4.90 Å². The molecule has 0 aliphatic carbocycles. The topological polar surface area (TPSA) is 168 Å². The predicted molar refractivity (Wildman–Crippen MR) is 146 cm³/mol. The summed E-state index contributed by atoms with van der Waals surface area (Å²) in [6.45, 7) is 13.5. The monoisotopic (exact) mass is 566 g/mol. The van der Waals surface area contributed by atoms with Crippen LogP contribution in [0.15, 0.2) is 5.11 Å². The molecule has 0 radical (unpaired) electrons. The molecule has 8 atom stereocenters. The first kappa shape index (κ1) is 33.5. The van der Waals surface area contributed by atoms with E-state index < -0.39 is 70.5 Å². The van der Waals surface area contributed by atoms with E-state index in [0.717, 1.165) is 0 Å². The van der Waals surface area contributed by atoms with Gasteiger partial charge in [-0.25, -0.2) is 4.79 Å². The summed E-state index contributed by atoms with van der Waals surface area (Å²) in [4.78, 5) is 58.5. The number of carbonyl (C=O) groups excluding carboxylic acids is 4. The zero-order valence-electron chi connectivity index (χ0n) is 25.3. The number of hydrogen-bond donors (Lipinski definition) is 1. The van der Waals surface area contributed by atoms with Crippen LogP contribution in [-0.4, -0.2) is 83.3 Å². The Labute approximate surface area is 236 Å². The first-order valence-corrected chi connectivity index (χ1v) is 14.1. The van der Waals surface area contributed by atoms with Gasteiger partial charge in [0.1, 0.15) is 17.3 Å². The highest BCUT2D eigenvalue weighted by molar-refractivity contribution is 6.04. The minimum atomic E-state index is -1.62. The zero-order chi connectivity index (χ0) is 30.6. The van der Waals surface area contributed by atoms with Crippen LogP contribution in [0, 0.1) is 23.2 Å². The summed E-state index contributed by atoms with van der Waals surface area (Å²) in [5.74, 6) is -3.85. The molecule has 2 rings (SSSR count). The van der Waals surface area contributed by atoms with E-state index >= 15 is 0 Å². The number of methoxy groups -OCH3 is 1. The Morgan fingerprint density at radius 2 is 1.73 bits per heavy atom. The van der Waals surface area contributed by atoms with E-state index in [0.29, 0.717) is 12.8 Å². The van der Waals surface area contributed by atoms with Gasteiger partial charge in [-0.05, 0) is 58.9 Å². The smallest absolute Gasteiger partial charge is 0.410 e. The fraction of sp³-hybridized carbons (Fsp3) is 0.857. The van der Waals surface area contributed by atoms with Crippen molar-refractivity contribution in [2.75, 3.05) is 20.2 Å². The molecule has 0 bridgehead atoms. The van der Waals surface area contributed by atoms with Crippen molar-refractivity contribution in [3.05, 3.63) is 10.4 Å². The molecule has 226 valence electrons. The average molecular weight is 567 g/mol. The third-order valence-corrected chi connectivity index (χ3v) is 8.92. The van der Waals surface area contributed by atoms with E-state index in [9.17, 15) is 24.3 Å². The summed E-state index contributed by atoms with van der Waals surface area (Å²) < 4.78 is 17.6. The van der Waals surface area contributed by atoms with Crippen molar-refractivity contribution in [3.8, 4) is 0 Å². The van der Waals surface area contributed by atoms with Crippen molar-refractivity contribution in [1.29, 1.82) is 0 Å². The maximum atomic E-state index is 13.9. The summed E-state index contributed by atoms with van der Waals surface area (Å²) in [6.07, 6.45) is -1.49. The molecule has 0 unspecified atom stereocenters. The number of hydrogen-bond acceptors (Lipinski definition) is 9. The molecule has 40 heavy (non-hydrogen) atoms. The van der Waals surface area contributed by atoms with Crippen LogP contribution in [-0.2, 0) is 28.6 Å². The van der Waals surface area contributed by atoms with Crippen LogP contribution in [0.25, 0.3) is 10.4 Å². The molecular formula is C28H46N4O8. The van der Waals surface area contributed by atoms with Crippen LogP contribution >= 0.6 is 0 Å². The SMILES string of the molecule is CC[C@H]1OC(=O)C(C)(C)C(=O)[C@H](C)[C@@H](O)[C@@](C)(OC)C[C@@H](C)C(=O)[C@H](C)[C@H]2N(CCCCN=[N+]=[N-])C(=O)O[C@]12C. The molecular weight excluding hydrogens is 520 g/mol. The summed E-state index contributed by atoms with van der Waals surface area (Å²) in [5, 5.41) is 14.8. The number of cyclic esters (lactones) is 1. The predicted octanol–water partition coefficient (Wildman–Crippen LogP) is 4.22. The summed E-state index contributed by atoms with van der Waals surface area (Å²) in [6, 6.07) is -0.786. The fourth-order valence-electron chi connectivity index (χ4n) is 6.35. The van der Waals surface area contributed by atoms with Crippen molar-refractivity contribution in [3.63, 3.8) is 0 Å². The third kappa shape index (κ3) is 6.29. The number of fused-ring (bicyclic) bond motifs is 1. The van der Waals surface area contributed by atoms with E-state index in [1.165, 1.54) is 32.8 Å². The highest BCUT2D eigenvalue weighted by atomic mass is 16.6. The van der Waals surface area contributed by atoms with Gasteiger partial charge in [-0.1, -0.05) is 32.8 Å². The average Bonchev–Trinajstić information content (AvgIpc) is 3.17. The van der Waals surface area contributed by atoms with Crippen molar-refractivity contribution in [2.24, 2.45) is 28.3 Å². The number of amides is 1. The quantitative estimate of drug-likeness (QED) is 0.119. The molecule has 0 saturated carbocycles. The molecule has 12 nitrogen and oxygen atoms in total. The van der Waals surface area contributed by atoms with Crippen LogP contribution in [0.5, 0.6) is 0 Å². The standard InChI is InChI=1S/C28H46N4O8/c1-10-19-28(8)21(32(25(37)40-28)14-12-11-13-30-31-29)17(3)20(33)16(2)15-27(7,38-9)23(35)18(4)22(34)26(5,6)24(36)39-19/h16-19,21,23,35H,10-15H2,1-9H3/t16-,17+,18+,19-,21-,23-,27+,28-/m1/s1. The summed E-state index contributed by atoms with van der Waals surface area (Å²) >= 11 is 0. The first-order chi connectivity index (χ1) is 18.5. The number of Topliss-reactive ketones (excluding diaryl/α,β-unsaturated/α-hetero) is 2. The van der Waals surface area contributed by atoms with Gasteiger partial charge in [0, 0.05) is 42.9 Å². The number of aliphatic hydroxyl groups is 1. The molecule has 0 spiro atoms. The van der Waals surface area contributed by atoms with Gasteiger partial charge in [-0.2, -0.15) is 0 Å². The summed E-state index contributed by atoms with van der Waals surface area (Å²) in [5.41, 5.74) is 4.27. The van der Waals surface area contributed by atoms with Gasteiger partial charge in [0.25, 0.3) is 0 Å². The normalized spacial score (nSPS) is 37.2. The Hall–Kier alpha value is -2.69. The lowest BCUT2D eigenvalue weighted by Crippen LogP contribution is -2.59. The van der Waals surface area contributed by atoms with E-state index in [1.807, 2.05) is 0 Å². The lowest BCUT2D eigenvalue weighted by Gasteiger charge is -2.43. The second-order valence-electron chi connectivity index (χ2n) is 12.2. The molecule has 2 saturated heterocycles. The van der Waals surface area contributed by atoms with Crippen molar-refractivity contribution in [2.45, 2.75) is 111 Å². The van der Waals surface area contributed by atoms with Crippen molar-refractivity contribution >= 4 is 23.6 Å². The molecule has 2 aliphatic rings. The number of azide groups is 1. The highest BCUT2D eigenvalue weighted by Crippen LogP contribution is 2.43. The van der Waals surface area contributed by atoms with E-state index in [1.54, 1.807) is 34.6 Å². The van der Waals surface area contributed by atoms with Gasteiger partial charge >= 0.3 is 12.1 Å². The minimum Gasteiger partial charge on any atom is -0.457 e. The van der Waals surface area contributed by atoms with E-state index in [2.05, 4.69) is 10.0 Å². The molecule has 0 aromatic rings. The van der Waals surface area contributed by atoms with Gasteiger partial charge in [0.05, 0.1) is 17.7 Å². The minimum absolute atomic E-state index is 0.109. The van der Waals surface area contributed by atoms with Gasteiger partial charge in [-0.3, -0.25) is 14.4 Å². The number of aliphatic hydroxyl groups excluding tert-OH is 1. The second kappa shape index (κ2) is 12.9. The van der Waals surface area contributed by atoms with E-state index in [-0.39, 0.29) is 31.7 Å². The first-order valence-electron chi connectivity index (χ1n) is 14.1. The fourth-order valence-corrected chi connectivity index (χ4v) is 6.35. The third-order valence-electron chi connectivity index (χ3n) is 8.92. The molecule has 2 fully saturated rings. The van der Waals surface area contributed by atoms with Gasteiger partial charge in [0.2, 0.25) is 0 Å². The largest absolute Gasteiger partial charge is 0.457 e. The maximum Gasteiger partial charge on any atom is 0.410 e. The number of carbonyl (C=O) groups is 4. The number of nitrogens with zero attached hydrogens (tertiary/aromatic N) is 4. The maximum absolute atomic E-state index is 13.9. The molecule has 0 aromatic carbocycles. The van der Waals surface area contributed by atoms with Crippen LogP contribution in [0.2, 0.25) is 0 Å². The Bertz CT molecular complexity index is 1030. The lowest BCUT2D eigenvalue weighted by molar-refractivity contribution is -0.181. The Morgan fingerprint density at radius 1 is 1.10 bits per heavy atom. The molecule has 2 heterocycles. The highest BCUT2D eigenvalue weighted by Gasteiger charge is 2.60. The van der Waals surface area contributed by atoms with Crippen molar-refractivity contribution < 1.29 is 38.5 Å².